The highest BCUT2D eigenvalue weighted by Gasteiger charge is 2.44. The van der Waals surface area contributed by atoms with Gasteiger partial charge in [0, 0.05) is 41.3 Å². The van der Waals surface area contributed by atoms with Crippen LogP contribution >= 0.6 is 23.1 Å². The zero-order valence-corrected chi connectivity index (χ0v) is 19.6. The Morgan fingerprint density at radius 2 is 1.94 bits per heavy atom. The predicted molar refractivity (Wildman–Crippen MR) is 127 cm³/mol. The van der Waals surface area contributed by atoms with Crippen LogP contribution in [0.3, 0.4) is 0 Å². The molecule has 0 atom stereocenters. The highest BCUT2D eigenvalue weighted by molar-refractivity contribution is 8.00. The number of ether oxygens (including phenoxy) is 2. The van der Waals surface area contributed by atoms with E-state index in [0.717, 1.165) is 51.7 Å². The fraction of sp³-hybridized carbons (Fsp3) is 0.292. The first kappa shape index (κ1) is 20.6. The van der Waals surface area contributed by atoms with Gasteiger partial charge < -0.3 is 19.2 Å². The molecule has 9 heteroatoms. The molecule has 6 rings (SSSR count). The van der Waals surface area contributed by atoms with Crippen molar-refractivity contribution in [2.24, 2.45) is 0 Å². The Kier molecular flexibility index (Phi) is 5.03. The molecule has 1 N–H and O–H groups in total. The van der Waals surface area contributed by atoms with Crippen LogP contribution in [0.5, 0.6) is 11.5 Å². The number of amides is 1. The van der Waals surface area contributed by atoms with Crippen molar-refractivity contribution in [1.29, 1.82) is 0 Å². The highest BCUT2D eigenvalue weighted by Crippen LogP contribution is 2.47. The molecule has 1 spiro atoms. The van der Waals surface area contributed by atoms with Gasteiger partial charge in [0.25, 0.3) is 11.7 Å². The third-order valence-electron chi connectivity index (χ3n) is 5.91. The number of aryl methyl sites for hydroxylation is 1. The molecule has 7 nitrogen and oxygen atoms in total. The summed E-state index contributed by atoms with van der Waals surface area (Å²) < 4.78 is 19.0. The van der Waals surface area contributed by atoms with E-state index in [1.54, 1.807) is 11.8 Å². The Morgan fingerprint density at radius 1 is 1.12 bits per heavy atom. The third kappa shape index (κ3) is 3.85. The molecule has 1 amide bonds. The minimum atomic E-state index is -0.531. The summed E-state index contributed by atoms with van der Waals surface area (Å²) in [7, 11) is 0. The zero-order chi connectivity index (χ0) is 22.4. The second-order valence-electron chi connectivity index (χ2n) is 8.22. The van der Waals surface area contributed by atoms with Gasteiger partial charge in [-0.25, -0.2) is 0 Å². The van der Waals surface area contributed by atoms with Crippen molar-refractivity contribution in [3.8, 4) is 11.5 Å². The first-order chi connectivity index (χ1) is 16.1. The van der Waals surface area contributed by atoms with E-state index >= 15 is 0 Å². The van der Waals surface area contributed by atoms with Crippen LogP contribution in [0, 0.1) is 6.92 Å². The van der Waals surface area contributed by atoms with Crippen molar-refractivity contribution in [1.82, 2.24) is 10.2 Å². The molecule has 2 aromatic heterocycles. The smallest absolute Gasteiger partial charge is 0.291 e. The van der Waals surface area contributed by atoms with Crippen LogP contribution < -0.4 is 14.8 Å². The Hall–Kier alpha value is -3.04. The lowest BCUT2D eigenvalue weighted by Gasteiger charge is -2.21. The van der Waals surface area contributed by atoms with Crippen molar-refractivity contribution < 1.29 is 18.7 Å². The lowest BCUT2D eigenvalue weighted by Crippen LogP contribution is -2.34. The zero-order valence-electron chi connectivity index (χ0n) is 17.9. The molecule has 1 saturated carbocycles. The first-order valence-electron chi connectivity index (χ1n) is 10.9. The van der Waals surface area contributed by atoms with E-state index < -0.39 is 5.79 Å². The van der Waals surface area contributed by atoms with Crippen molar-refractivity contribution in [2.45, 2.75) is 48.5 Å². The maximum absolute atomic E-state index is 13.3. The molecule has 0 unspecified atom stereocenters. The molecular weight excluding hydrogens is 458 g/mol. The number of nitrogens with zero attached hydrogens (tertiary/aromatic N) is 2. The SMILES string of the molecule is Cc1nnc(SCc2c(C(=O)Nc3ccc4c(c3)OC3(CCCC3)O4)oc3ccccc23)s1. The van der Waals surface area contributed by atoms with Gasteiger partial charge in [-0.2, -0.15) is 0 Å². The summed E-state index contributed by atoms with van der Waals surface area (Å²) in [5.41, 5.74) is 2.16. The van der Waals surface area contributed by atoms with Crippen LogP contribution in [-0.2, 0) is 5.75 Å². The molecular formula is C24H21N3O4S2. The van der Waals surface area contributed by atoms with Crippen molar-refractivity contribution in [3.63, 3.8) is 0 Å². The summed E-state index contributed by atoms with van der Waals surface area (Å²) in [6.07, 6.45) is 3.97. The van der Waals surface area contributed by atoms with Gasteiger partial charge in [-0.1, -0.05) is 41.3 Å². The molecule has 0 bridgehead atoms. The number of rotatable bonds is 5. The number of aromatic nitrogens is 2. The number of hydrogen-bond donors (Lipinski definition) is 1. The number of hydrogen-bond acceptors (Lipinski definition) is 8. The van der Waals surface area contributed by atoms with Crippen LogP contribution in [0.1, 0.15) is 46.8 Å². The Bertz CT molecular complexity index is 1360. The average molecular weight is 480 g/mol. The molecule has 33 heavy (non-hydrogen) atoms. The minimum Gasteiger partial charge on any atom is -0.451 e. The van der Waals surface area contributed by atoms with E-state index in [2.05, 4.69) is 15.5 Å². The molecule has 3 heterocycles. The minimum absolute atomic E-state index is 0.301. The van der Waals surface area contributed by atoms with Gasteiger partial charge in [0.15, 0.2) is 21.6 Å². The largest absolute Gasteiger partial charge is 0.451 e. The number of furan rings is 1. The Labute approximate surface area is 198 Å². The van der Waals surface area contributed by atoms with E-state index in [0.29, 0.717) is 28.5 Å². The molecule has 1 aliphatic heterocycles. The molecule has 0 saturated heterocycles. The Balaban J connectivity index is 1.26. The van der Waals surface area contributed by atoms with Crippen LogP contribution in [-0.4, -0.2) is 21.9 Å². The lowest BCUT2D eigenvalue weighted by atomic mass is 10.1. The van der Waals surface area contributed by atoms with Crippen molar-refractivity contribution in [3.05, 3.63) is 58.8 Å². The second-order valence-corrected chi connectivity index (χ2v) is 10.6. The molecule has 168 valence electrons. The van der Waals surface area contributed by atoms with Crippen molar-refractivity contribution >= 4 is 45.7 Å². The maximum atomic E-state index is 13.3. The predicted octanol–water partition coefficient (Wildman–Crippen LogP) is 6.18. The fourth-order valence-corrected chi connectivity index (χ4v) is 6.22. The van der Waals surface area contributed by atoms with Gasteiger partial charge in [0.05, 0.1) is 0 Å². The number of carbonyl (C=O) groups is 1. The van der Waals surface area contributed by atoms with E-state index in [4.69, 9.17) is 13.9 Å². The number of thioether (sulfide) groups is 1. The molecule has 4 aromatic rings. The standard InChI is InChI=1S/C24H21N3O4S2/c1-14-26-27-23(33-14)32-13-17-16-6-2-3-7-18(16)29-21(17)22(28)25-15-8-9-19-20(12-15)31-24(30-19)10-4-5-11-24/h2-3,6-9,12H,4-5,10-11,13H2,1H3,(H,25,28). The van der Waals surface area contributed by atoms with Gasteiger partial charge in [0.2, 0.25) is 0 Å². The highest BCUT2D eigenvalue weighted by atomic mass is 32.2. The quantitative estimate of drug-likeness (QED) is 0.342. The Morgan fingerprint density at radius 3 is 2.76 bits per heavy atom. The van der Waals surface area contributed by atoms with Gasteiger partial charge >= 0.3 is 0 Å². The number of anilines is 1. The maximum Gasteiger partial charge on any atom is 0.291 e. The monoisotopic (exact) mass is 479 g/mol. The van der Waals surface area contributed by atoms with Crippen molar-refractivity contribution in [2.75, 3.05) is 5.32 Å². The molecule has 2 aromatic carbocycles. The molecule has 2 aliphatic rings. The number of para-hydroxylation sites is 1. The number of fused-ring (bicyclic) bond motifs is 2. The topological polar surface area (TPSA) is 86.5 Å². The van der Waals surface area contributed by atoms with Gasteiger partial charge in [-0.05, 0) is 38.0 Å². The molecule has 1 aliphatic carbocycles. The lowest BCUT2D eigenvalue weighted by molar-refractivity contribution is -0.0716. The van der Waals surface area contributed by atoms with Gasteiger partial charge in [-0.15, -0.1) is 10.2 Å². The summed E-state index contributed by atoms with van der Waals surface area (Å²) in [4.78, 5) is 13.3. The third-order valence-corrected chi connectivity index (χ3v) is 7.91. The first-order valence-corrected chi connectivity index (χ1v) is 12.7. The number of nitrogens with one attached hydrogen (secondary N) is 1. The summed E-state index contributed by atoms with van der Waals surface area (Å²) in [6, 6.07) is 13.2. The molecule has 1 fully saturated rings. The summed E-state index contributed by atoms with van der Waals surface area (Å²) in [5, 5.41) is 13.0. The van der Waals surface area contributed by atoms with Gasteiger partial charge in [-0.3, -0.25) is 4.79 Å². The van der Waals surface area contributed by atoms with Crippen LogP contribution in [0.2, 0.25) is 0 Å². The van der Waals surface area contributed by atoms with Crippen LogP contribution in [0.25, 0.3) is 11.0 Å². The van der Waals surface area contributed by atoms with Crippen LogP contribution in [0.15, 0.2) is 51.2 Å². The van der Waals surface area contributed by atoms with E-state index in [9.17, 15) is 4.79 Å². The average Bonchev–Trinajstić information content (AvgIpc) is 3.58. The number of carbonyl (C=O) groups excluding carboxylic acids is 1. The van der Waals surface area contributed by atoms with E-state index in [-0.39, 0.29) is 5.91 Å². The summed E-state index contributed by atoms with van der Waals surface area (Å²) in [6.45, 7) is 1.92. The van der Waals surface area contributed by atoms with Crippen LogP contribution in [0.4, 0.5) is 5.69 Å². The number of benzene rings is 2. The summed E-state index contributed by atoms with van der Waals surface area (Å²) in [5.74, 6) is 1.42. The van der Waals surface area contributed by atoms with E-state index in [1.165, 1.54) is 11.3 Å². The second kappa shape index (κ2) is 8.07. The van der Waals surface area contributed by atoms with Gasteiger partial charge in [0.1, 0.15) is 10.6 Å². The fourth-order valence-electron chi connectivity index (χ4n) is 4.37. The normalized spacial score (nSPS) is 16.0. The molecule has 0 radical (unpaired) electrons. The van der Waals surface area contributed by atoms with E-state index in [1.807, 2.05) is 49.4 Å². The summed E-state index contributed by atoms with van der Waals surface area (Å²) >= 11 is 3.08.